The number of thiocarbonyl (C=S) groups is 1. The highest BCUT2D eigenvalue weighted by Crippen LogP contribution is 2.36. The van der Waals surface area contributed by atoms with Gasteiger partial charge in [-0.15, -0.1) is 0 Å². The third kappa shape index (κ3) is 5.56. The second-order valence-electron chi connectivity index (χ2n) is 5.66. The Morgan fingerprint density at radius 1 is 1.00 bits per heavy atom. The van der Waals surface area contributed by atoms with Gasteiger partial charge in [0.25, 0.3) is 11.6 Å². The molecule has 2 aromatic rings. The predicted octanol–water partition coefficient (Wildman–Crippen LogP) is 4.46. The molecule has 0 spiro atoms. The van der Waals surface area contributed by atoms with Crippen molar-refractivity contribution in [1.29, 1.82) is 0 Å². The lowest BCUT2D eigenvalue weighted by Crippen LogP contribution is -2.34. The smallest absolute Gasteiger partial charge is 0.416 e. The molecule has 0 saturated heterocycles. The molecule has 30 heavy (non-hydrogen) atoms. The van der Waals surface area contributed by atoms with Crippen LogP contribution in [0, 0.1) is 10.1 Å². The number of nitrogens with zero attached hydrogens (tertiary/aromatic N) is 1. The van der Waals surface area contributed by atoms with E-state index >= 15 is 0 Å². The van der Waals surface area contributed by atoms with Crippen LogP contribution in [0.15, 0.2) is 36.4 Å². The Morgan fingerprint density at radius 2 is 1.53 bits per heavy atom. The number of carbonyl (C=O) groups excluding carboxylic acids is 1. The number of aromatic hydroxyl groups is 1. The van der Waals surface area contributed by atoms with Gasteiger partial charge in [-0.2, -0.15) is 26.3 Å². The summed E-state index contributed by atoms with van der Waals surface area (Å²) in [7, 11) is 0. The highest BCUT2D eigenvalue weighted by Gasteiger charge is 2.37. The largest absolute Gasteiger partial charge is 0.506 e. The first-order valence-corrected chi connectivity index (χ1v) is 7.98. The van der Waals surface area contributed by atoms with Crippen molar-refractivity contribution in [2.75, 3.05) is 5.32 Å². The van der Waals surface area contributed by atoms with Crippen LogP contribution in [-0.4, -0.2) is 21.0 Å². The molecule has 0 aliphatic heterocycles. The molecule has 0 fully saturated rings. The molecule has 0 unspecified atom stereocenters. The van der Waals surface area contributed by atoms with Gasteiger partial charge in [-0.25, -0.2) is 0 Å². The van der Waals surface area contributed by atoms with Gasteiger partial charge in [-0.3, -0.25) is 20.2 Å². The van der Waals surface area contributed by atoms with E-state index in [0.717, 1.165) is 18.2 Å². The van der Waals surface area contributed by atoms with Gasteiger partial charge in [0.1, 0.15) is 5.75 Å². The summed E-state index contributed by atoms with van der Waals surface area (Å²) in [6.45, 7) is 0. The maximum Gasteiger partial charge on any atom is 0.416 e. The number of rotatable bonds is 3. The number of halogens is 6. The van der Waals surface area contributed by atoms with E-state index in [2.05, 4.69) is 5.32 Å². The zero-order valence-corrected chi connectivity index (χ0v) is 15.1. The quantitative estimate of drug-likeness (QED) is 0.208. The molecule has 1 amide bonds. The fourth-order valence-corrected chi connectivity index (χ4v) is 2.36. The predicted molar refractivity (Wildman–Crippen MR) is 94.9 cm³/mol. The van der Waals surface area contributed by atoms with Crippen LogP contribution in [0.4, 0.5) is 37.7 Å². The van der Waals surface area contributed by atoms with E-state index in [0.29, 0.717) is 0 Å². The van der Waals surface area contributed by atoms with Crippen LogP contribution < -0.4 is 10.6 Å². The van der Waals surface area contributed by atoms with Crippen molar-refractivity contribution in [1.82, 2.24) is 5.32 Å². The van der Waals surface area contributed by atoms with Crippen LogP contribution in [0.1, 0.15) is 21.5 Å². The summed E-state index contributed by atoms with van der Waals surface area (Å²) in [6, 6.07) is 3.01. The maximum absolute atomic E-state index is 12.9. The van der Waals surface area contributed by atoms with E-state index in [1.807, 2.05) is 5.32 Å². The second-order valence-corrected chi connectivity index (χ2v) is 6.07. The topological polar surface area (TPSA) is 104 Å². The summed E-state index contributed by atoms with van der Waals surface area (Å²) in [4.78, 5) is 22.1. The number of nitrogens with one attached hydrogen (secondary N) is 2. The van der Waals surface area contributed by atoms with Crippen LogP contribution in [0.5, 0.6) is 5.75 Å². The van der Waals surface area contributed by atoms with Gasteiger partial charge in [0.05, 0.1) is 21.7 Å². The number of phenols is 1. The van der Waals surface area contributed by atoms with Crippen molar-refractivity contribution >= 4 is 34.6 Å². The number of alkyl halides is 6. The molecule has 160 valence electrons. The van der Waals surface area contributed by atoms with E-state index in [1.165, 1.54) is 0 Å². The molecule has 7 nitrogen and oxygen atoms in total. The SMILES string of the molecule is O=C(NC(=S)Nc1cc([N+](=O)[O-])ccc1O)c1cc(C(F)(F)F)cc(C(F)(F)F)c1. The number of amides is 1. The Balaban J connectivity index is 2.28. The van der Waals surface area contributed by atoms with Gasteiger partial charge in [0.15, 0.2) is 5.11 Å². The molecular weight excluding hydrogens is 444 g/mol. The van der Waals surface area contributed by atoms with Crippen LogP contribution in [0.25, 0.3) is 0 Å². The fourth-order valence-electron chi connectivity index (χ4n) is 2.15. The number of hydrogen-bond acceptors (Lipinski definition) is 5. The molecule has 3 N–H and O–H groups in total. The summed E-state index contributed by atoms with van der Waals surface area (Å²) in [5, 5.41) is 23.8. The van der Waals surface area contributed by atoms with E-state index in [-0.39, 0.29) is 23.9 Å². The van der Waals surface area contributed by atoms with Gasteiger partial charge in [-0.05, 0) is 36.5 Å². The van der Waals surface area contributed by atoms with E-state index in [1.54, 1.807) is 0 Å². The average molecular weight is 453 g/mol. The lowest BCUT2D eigenvalue weighted by Gasteiger charge is -2.15. The number of anilines is 1. The number of phenolic OH excluding ortho intramolecular Hbond substituents is 1. The zero-order chi connectivity index (χ0) is 22.9. The summed E-state index contributed by atoms with van der Waals surface area (Å²) >= 11 is 4.72. The van der Waals surface area contributed by atoms with Crippen molar-refractivity contribution in [3.05, 3.63) is 63.2 Å². The Hall–Kier alpha value is -3.42. The zero-order valence-electron chi connectivity index (χ0n) is 14.3. The second kappa shape index (κ2) is 8.14. The number of hydrogen-bond donors (Lipinski definition) is 3. The van der Waals surface area contributed by atoms with Crippen LogP contribution in [-0.2, 0) is 12.4 Å². The molecule has 0 saturated carbocycles. The van der Waals surface area contributed by atoms with Gasteiger partial charge >= 0.3 is 12.4 Å². The first-order valence-electron chi connectivity index (χ1n) is 7.57. The van der Waals surface area contributed by atoms with Gasteiger partial charge in [-0.1, -0.05) is 0 Å². The molecule has 0 aromatic heterocycles. The third-order valence-electron chi connectivity index (χ3n) is 3.52. The van der Waals surface area contributed by atoms with Gasteiger partial charge in [0.2, 0.25) is 0 Å². The van der Waals surface area contributed by atoms with Gasteiger partial charge in [0, 0.05) is 17.7 Å². The lowest BCUT2D eigenvalue weighted by atomic mass is 10.0. The van der Waals surface area contributed by atoms with E-state index < -0.39 is 56.4 Å². The number of non-ortho nitro benzene ring substituents is 1. The Bertz CT molecular complexity index is 991. The lowest BCUT2D eigenvalue weighted by molar-refractivity contribution is -0.384. The maximum atomic E-state index is 12.9. The number of benzene rings is 2. The molecule has 14 heteroatoms. The molecule has 0 aliphatic rings. The van der Waals surface area contributed by atoms with Crippen molar-refractivity contribution in [2.24, 2.45) is 0 Å². The first kappa shape index (κ1) is 22.9. The molecule has 0 atom stereocenters. The van der Waals surface area contributed by atoms with Gasteiger partial charge < -0.3 is 10.4 Å². The molecule has 0 aliphatic carbocycles. The number of carbonyl (C=O) groups is 1. The minimum atomic E-state index is -5.15. The van der Waals surface area contributed by atoms with Crippen LogP contribution >= 0.6 is 12.2 Å². The van der Waals surface area contributed by atoms with Crippen molar-refractivity contribution in [3.8, 4) is 5.75 Å². The monoisotopic (exact) mass is 453 g/mol. The summed E-state index contributed by atoms with van der Waals surface area (Å²) in [6.07, 6.45) is -10.3. The minimum Gasteiger partial charge on any atom is -0.506 e. The fraction of sp³-hybridized carbons (Fsp3) is 0.125. The average Bonchev–Trinajstić information content (AvgIpc) is 2.61. The normalized spacial score (nSPS) is 11.7. The molecule has 0 radical (unpaired) electrons. The number of nitro benzene ring substituents is 1. The molecule has 0 bridgehead atoms. The standard InChI is InChI=1S/C16H9F6N3O4S/c17-15(18,19)8-3-7(4-9(5-8)16(20,21)22)13(27)24-14(30)23-11-6-10(25(28)29)1-2-12(11)26/h1-6,26H,(H2,23,24,27,30). The Kier molecular flexibility index (Phi) is 6.20. The Morgan fingerprint density at radius 3 is 2.00 bits per heavy atom. The van der Waals surface area contributed by atoms with E-state index in [9.17, 15) is 46.4 Å². The van der Waals surface area contributed by atoms with Crippen LogP contribution in [0.2, 0.25) is 0 Å². The van der Waals surface area contributed by atoms with Crippen molar-refractivity contribution in [2.45, 2.75) is 12.4 Å². The summed E-state index contributed by atoms with van der Waals surface area (Å²) < 4.78 is 77.3. The number of nitro groups is 1. The van der Waals surface area contributed by atoms with Crippen molar-refractivity contribution in [3.63, 3.8) is 0 Å². The molecule has 0 heterocycles. The summed E-state index contributed by atoms with van der Waals surface area (Å²) in [5.41, 5.74) is -5.16. The minimum absolute atomic E-state index is 0.144. The van der Waals surface area contributed by atoms with Crippen LogP contribution in [0.3, 0.4) is 0 Å². The summed E-state index contributed by atoms with van der Waals surface area (Å²) in [5.74, 6) is -1.93. The molecule has 2 rings (SSSR count). The highest BCUT2D eigenvalue weighted by atomic mass is 32.1. The third-order valence-corrected chi connectivity index (χ3v) is 3.72. The molecular formula is C16H9F6N3O4S. The highest BCUT2D eigenvalue weighted by molar-refractivity contribution is 7.80. The van der Waals surface area contributed by atoms with E-state index in [4.69, 9.17) is 12.2 Å². The van der Waals surface area contributed by atoms with Crippen molar-refractivity contribution < 1.29 is 41.2 Å². The first-order chi connectivity index (χ1) is 13.7. The molecule has 2 aromatic carbocycles. The Labute approximate surface area is 168 Å².